The molecule has 1 fully saturated rings. The van der Waals surface area contributed by atoms with Gasteiger partial charge in [-0.1, -0.05) is 23.7 Å². The molecule has 5 heteroatoms. The monoisotopic (exact) mass is 454 g/mol. The van der Waals surface area contributed by atoms with Crippen LogP contribution in [0.2, 0.25) is 5.02 Å². The number of carbonyl (C=O) groups is 1. The van der Waals surface area contributed by atoms with Crippen molar-refractivity contribution >= 4 is 45.8 Å². The molecule has 2 aromatic carbocycles. The summed E-state index contributed by atoms with van der Waals surface area (Å²) in [5, 5.41) is 3.80. The van der Waals surface area contributed by atoms with Gasteiger partial charge in [0.2, 0.25) is 5.91 Å². The van der Waals surface area contributed by atoms with E-state index < -0.39 is 0 Å². The van der Waals surface area contributed by atoms with Crippen LogP contribution in [0.4, 0.5) is 5.69 Å². The number of hydrogen-bond acceptors (Lipinski definition) is 2. The molecule has 0 radical (unpaired) electrons. The van der Waals surface area contributed by atoms with E-state index in [2.05, 4.69) is 44.9 Å². The minimum Gasteiger partial charge on any atom is -0.326 e. The Balaban J connectivity index is 1.57. The first kappa shape index (κ1) is 17.7. The lowest BCUT2D eigenvalue weighted by atomic mass is 9.96. The Morgan fingerprint density at radius 3 is 2.58 bits per heavy atom. The van der Waals surface area contributed by atoms with Gasteiger partial charge in [-0.3, -0.25) is 9.69 Å². The number of likely N-dealkylation sites (tertiary alicyclic amines) is 1. The van der Waals surface area contributed by atoms with Gasteiger partial charge in [0.1, 0.15) is 0 Å². The highest BCUT2D eigenvalue weighted by molar-refractivity contribution is 14.1. The van der Waals surface area contributed by atoms with Crippen LogP contribution >= 0.6 is 34.2 Å². The molecule has 24 heavy (non-hydrogen) atoms. The summed E-state index contributed by atoms with van der Waals surface area (Å²) in [5.74, 6) is 0.169. The minimum absolute atomic E-state index is 0.0466. The average Bonchev–Trinajstić information content (AvgIpc) is 2.59. The van der Waals surface area contributed by atoms with Crippen LogP contribution in [-0.4, -0.2) is 23.9 Å². The lowest BCUT2D eigenvalue weighted by molar-refractivity contribution is -0.121. The van der Waals surface area contributed by atoms with E-state index in [0.29, 0.717) is 0 Å². The highest BCUT2D eigenvalue weighted by Gasteiger charge is 2.25. The number of nitrogens with one attached hydrogen (secondary N) is 1. The van der Waals surface area contributed by atoms with Crippen LogP contribution in [0.3, 0.4) is 0 Å². The normalized spacial score (nSPS) is 18.3. The summed E-state index contributed by atoms with van der Waals surface area (Å²) in [6, 6.07) is 15.9. The van der Waals surface area contributed by atoms with Gasteiger partial charge in [0.15, 0.2) is 0 Å². The molecule has 1 atom stereocenters. The molecule has 1 aliphatic rings. The van der Waals surface area contributed by atoms with Crippen molar-refractivity contribution < 1.29 is 4.79 Å². The highest BCUT2D eigenvalue weighted by atomic mass is 127. The van der Waals surface area contributed by atoms with Crippen molar-refractivity contribution in [2.24, 2.45) is 5.92 Å². The lowest BCUT2D eigenvalue weighted by Crippen LogP contribution is -2.40. The van der Waals surface area contributed by atoms with E-state index in [9.17, 15) is 4.79 Å². The molecule has 1 saturated heterocycles. The van der Waals surface area contributed by atoms with E-state index in [1.807, 2.05) is 36.4 Å². The molecule has 1 aliphatic heterocycles. The van der Waals surface area contributed by atoms with Crippen molar-refractivity contribution in [3.8, 4) is 0 Å². The van der Waals surface area contributed by atoms with Crippen LogP contribution in [0.15, 0.2) is 48.5 Å². The molecule has 1 amide bonds. The Kier molecular flexibility index (Phi) is 6.14. The largest absolute Gasteiger partial charge is 0.326 e. The molecule has 0 aliphatic carbocycles. The molecular weight excluding hydrogens is 435 g/mol. The first-order chi connectivity index (χ1) is 11.6. The summed E-state index contributed by atoms with van der Waals surface area (Å²) in [6.07, 6.45) is 2.01. The van der Waals surface area contributed by atoms with Gasteiger partial charge >= 0.3 is 0 Å². The van der Waals surface area contributed by atoms with E-state index in [0.717, 1.165) is 46.8 Å². The second-order valence-electron chi connectivity index (χ2n) is 6.20. The Labute approximate surface area is 161 Å². The van der Waals surface area contributed by atoms with Crippen LogP contribution in [0, 0.1) is 9.49 Å². The molecule has 2 aromatic rings. The fourth-order valence-corrected chi connectivity index (χ4v) is 3.52. The third-order valence-corrected chi connectivity index (χ3v) is 5.28. The minimum atomic E-state index is 0.0466. The first-order valence-corrected chi connectivity index (χ1v) is 9.59. The van der Waals surface area contributed by atoms with Gasteiger partial charge in [-0.15, -0.1) is 0 Å². The maximum Gasteiger partial charge on any atom is 0.228 e. The van der Waals surface area contributed by atoms with Gasteiger partial charge in [0.05, 0.1) is 5.92 Å². The van der Waals surface area contributed by atoms with Crippen LogP contribution in [-0.2, 0) is 11.3 Å². The molecule has 0 aromatic heterocycles. The number of benzene rings is 2. The lowest BCUT2D eigenvalue weighted by Gasteiger charge is -2.32. The fourth-order valence-electron chi connectivity index (χ4n) is 3.04. The zero-order valence-corrected chi connectivity index (χ0v) is 16.3. The molecule has 0 spiro atoms. The van der Waals surface area contributed by atoms with Crippen molar-refractivity contribution in [1.29, 1.82) is 0 Å². The maximum atomic E-state index is 12.5. The summed E-state index contributed by atoms with van der Waals surface area (Å²) in [4.78, 5) is 14.9. The quantitative estimate of drug-likeness (QED) is 0.674. The number of nitrogens with zero attached hydrogens (tertiary/aromatic N) is 1. The Morgan fingerprint density at radius 1 is 1.17 bits per heavy atom. The Morgan fingerprint density at radius 2 is 1.88 bits per heavy atom. The van der Waals surface area contributed by atoms with Crippen molar-refractivity contribution in [3.63, 3.8) is 0 Å². The van der Waals surface area contributed by atoms with Gasteiger partial charge in [0.25, 0.3) is 0 Å². The maximum absolute atomic E-state index is 12.5. The molecule has 0 bridgehead atoms. The van der Waals surface area contributed by atoms with Crippen molar-refractivity contribution in [3.05, 3.63) is 62.7 Å². The molecule has 126 valence electrons. The smallest absolute Gasteiger partial charge is 0.228 e. The zero-order chi connectivity index (χ0) is 16.9. The van der Waals surface area contributed by atoms with Crippen molar-refractivity contribution in [2.75, 3.05) is 18.4 Å². The van der Waals surface area contributed by atoms with Crippen molar-refractivity contribution in [2.45, 2.75) is 19.4 Å². The van der Waals surface area contributed by atoms with Crippen molar-refractivity contribution in [1.82, 2.24) is 4.90 Å². The van der Waals surface area contributed by atoms with Gasteiger partial charge in [-0.25, -0.2) is 0 Å². The highest BCUT2D eigenvalue weighted by Crippen LogP contribution is 2.21. The number of anilines is 1. The molecule has 3 rings (SSSR count). The molecule has 1 heterocycles. The number of rotatable bonds is 4. The summed E-state index contributed by atoms with van der Waals surface area (Å²) >= 11 is 8.20. The van der Waals surface area contributed by atoms with E-state index in [-0.39, 0.29) is 11.8 Å². The summed E-state index contributed by atoms with van der Waals surface area (Å²) < 4.78 is 1.16. The Hall–Kier alpha value is -1.11. The number of piperidine rings is 1. The Bertz CT molecular complexity index is 688. The van der Waals surface area contributed by atoms with Crippen LogP contribution in [0.5, 0.6) is 0 Å². The first-order valence-electron chi connectivity index (χ1n) is 8.13. The van der Waals surface area contributed by atoms with Crippen LogP contribution in [0.1, 0.15) is 18.4 Å². The average molecular weight is 455 g/mol. The number of halogens is 2. The van der Waals surface area contributed by atoms with E-state index in [4.69, 9.17) is 11.6 Å². The molecular formula is C19H20ClIN2O. The molecule has 0 saturated carbocycles. The zero-order valence-electron chi connectivity index (χ0n) is 13.3. The van der Waals surface area contributed by atoms with E-state index in [1.165, 1.54) is 5.56 Å². The fraction of sp³-hybridized carbons (Fsp3) is 0.316. The molecule has 3 nitrogen and oxygen atoms in total. The number of hydrogen-bond donors (Lipinski definition) is 1. The number of amides is 1. The van der Waals surface area contributed by atoms with Gasteiger partial charge < -0.3 is 5.32 Å². The predicted molar refractivity (Wildman–Crippen MR) is 107 cm³/mol. The third kappa shape index (κ3) is 4.94. The third-order valence-electron chi connectivity index (χ3n) is 4.31. The van der Waals surface area contributed by atoms with Gasteiger partial charge in [-0.2, -0.15) is 0 Å². The van der Waals surface area contributed by atoms with Gasteiger partial charge in [-0.05, 0) is 83.9 Å². The number of carbonyl (C=O) groups excluding carboxylic acids is 1. The summed E-state index contributed by atoms with van der Waals surface area (Å²) in [7, 11) is 0. The predicted octanol–water partition coefficient (Wildman–Crippen LogP) is 4.80. The second-order valence-corrected chi connectivity index (χ2v) is 7.88. The van der Waals surface area contributed by atoms with E-state index >= 15 is 0 Å². The van der Waals surface area contributed by atoms with Crippen LogP contribution in [0.25, 0.3) is 0 Å². The molecule has 1 unspecified atom stereocenters. The summed E-state index contributed by atoms with van der Waals surface area (Å²) in [5.41, 5.74) is 2.10. The standard InChI is InChI=1S/C19H20ClIN2O/c20-16-5-3-14(4-6-16)12-23-11-1-2-15(13-23)19(24)22-18-9-7-17(21)8-10-18/h3-10,15H,1-2,11-13H2,(H,22,24). The summed E-state index contributed by atoms with van der Waals surface area (Å²) in [6.45, 7) is 2.71. The topological polar surface area (TPSA) is 32.3 Å². The van der Waals surface area contributed by atoms with E-state index in [1.54, 1.807) is 0 Å². The molecule has 1 N–H and O–H groups in total. The van der Waals surface area contributed by atoms with Gasteiger partial charge in [0, 0.05) is 27.4 Å². The van der Waals surface area contributed by atoms with Crippen LogP contribution < -0.4 is 5.32 Å². The SMILES string of the molecule is O=C(Nc1ccc(I)cc1)C1CCCN(Cc2ccc(Cl)cc2)C1. The second kappa shape index (κ2) is 8.32.